The summed E-state index contributed by atoms with van der Waals surface area (Å²) in [7, 11) is 0. The number of esters is 2. The zero-order valence-corrected chi connectivity index (χ0v) is 45.4. The third-order valence-corrected chi connectivity index (χ3v) is 16.3. The highest BCUT2D eigenvalue weighted by molar-refractivity contribution is 5.88. The number of aliphatic hydroxyl groups is 4. The van der Waals surface area contributed by atoms with Crippen LogP contribution in [-0.2, 0) is 38.1 Å². The molecule has 0 radical (unpaired) electrons. The first kappa shape index (κ1) is 61.3. The number of ketones is 2. The number of hydrogen-bond acceptors (Lipinski definition) is 15. The van der Waals surface area contributed by atoms with Crippen molar-refractivity contribution in [2.75, 3.05) is 0 Å². The van der Waals surface area contributed by atoms with Crippen LogP contribution in [0.25, 0.3) is 12.2 Å². The molecule has 0 saturated carbocycles. The van der Waals surface area contributed by atoms with Crippen molar-refractivity contribution in [3.8, 4) is 0 Å². The Balaban J connectivity index is 0.000000312. The van der Waals surface area contributed by atoms with Gasteiger partial charge in [-0.25, -0.2) is 9.97 Å². The highest BCUT2D eigenvalue weighted by Gasteiger charge is 2.54. The predicted molar refractivity (Wildman–Crippen MR) is 281 cm³/mol. The van der Waals surface area contributed by atoms with Gasteiger partial charge in [0.05, 0.1) is 82.9 Å². The Labute approximate surface area is 435 Å². The van der Waals surface area contributed by atoms with Crippen molar-refractivity contribution >= 4 is 35.7 Å². The largest absolute Gasteiger partial charge is 0.458 e. The smallest absolute Gasteiger partial charge is 0.309 e. The molecule has 4 saturated heterocycles. The van der Waals surface area contributed by atoms with Gasteiger partial charge in [0.15, 0.2) is 0 Å². The number of carbonyl (C=O) groups excluding carboxylic acids is 4. The highest BCUT2D eigenvalue weighted by atomic mass is 16.6. The van der Waals surface area contributed by atoms with Crippen molar-refractivity contribution in [3.63, 3.8) is 0 Å². The molecule has 6 rings (SSSR count). The molecule has 2 aromatic heterocycles. The van der Waals surface area contributed by atoms with Gasteiger partial charge in [0, 0.05) is 36.6 Å². The van der Waals surface area contributed by atoms with Gasteiger partial charge in [-0.3, -0.25) is 24.2 Å². The van der Waals surface area contributed by atoms with Crippen molar-refractivity contribution in [3.05, 3.63) is 64.5 Å². The highest BCUT2D eigenvalue weighted by Crippen LogP contribution is 2.46. The van der Waals surface area contributed by atoms with Crippen LogP contribution >= 0.6 is 0 Å². The normalized spacial score (nSPS) is 36.1. The molecular formula is C58H89N3O12. The predicted octanol–water partition coefficient (Wildman–Crippen LogP) is 8.86. The van der Waals surface area contributed by atoms with Crippen LogP contribution in [0.15, 0.2) is 41.6 Å². The molecule has 4 aliphatic heterocycles. The summed E-state index contributed by atoms with van der Waals surface area (Å²) in [5.41, 5.74) is 1.00. The van der Waals surface area contributed by atoms with Gasteiger partial charge in [0.2, 0.25) is 0 Å². The Kier molecular flexibility index (Phi) is 21.0. The fourth-order valence-electron chi connectivity index (χ4n) is 10.4. The van der Waals surface area contributed by atoms with E-state index in [1.54, 1.807) is 53.8 Å². The van der Waals surface area contributed by atoms with E-state index < -0.39 is 71.2 Å². The minimum absolute atomic E-state index is 0. The maximum atomic E-state index is 13.2. The summed E-state index contributed by atoms with van der Waals surface area (Å²) in [5, 5.41) is 43.5. The number of epoxide rings is 2. The topological polar surface area (TPSA) is 231 Å². The second-order valence-electron chi connectivity index (χ2n) is 23.2. The number of aryl methyl sites for hydroxylation is 2. The molecule has 4 N–H and O–H groups in total. The van der Waals surface area contributed by atoms with Gasteiger partial charge in [-0.1, -0.05) is 81.7 Å². The minimum atomic E-state index is -1.24. The van der Waals surface area contributed by atoms with Gasteiger partial charge in [-0.2, -0.15) is 0 Å². The summed E-state index contributed by atoms with van der Waals surface area (Å²) in [6.45, 7) is 25.5. The second-order valence-corrected chi connectivity index (χ2v) is 23.2. The number of pyridine rings is 1. The zero-order valence-electron chi connectivity index (χ0n) is 45.4. The number of ether oxygens (including phenoxy) is 4. The molecule has 6 heterocycles. The lowest BCUT2D eigenvalue weighted by Crippen LogP contribution is -2.45. The molecule has 14 atom stereocenters. The molecule has 0 unspecified atom stereocenters. The van der Waals surface area contributed by atoms with E-state index in [4.69, 9.17) is 18.9 Å². The van der Waals surface area contributed by atoms with Crippen LogP contribution in [0.3, 0.4) is 0 Å². The first-order valence-corrected chi connectivity index (χ1v) is 26.1. The van der Waals surface area contributed by atoms with E-state index in [9.17, 15) is 39.6 Å². The second kappa shape index (κ2) is 25.1. The number of nitrogens with zero attached hydrogens (tertiary/aromatic N) is 3. The molecule has 0 bridgehead atoms. The minimum Gasteiger partial charge on any atom is -0.458 e. The molecule has 4 fully saturated rings. The quantitative estimate of drug-likeness (QED) is 0.166. The number of rotatable bonds is 4. The van der Waals surface area contributed by atoms with Crippen LogP contribution in [0.4, 0.5) is 0 Å². The van der Waals surface area contributed by atoms with Crippen LogP contribution in [0.5, 0.6) is 0 Å². The molecule has 15 nitrogen and oxygen atoms in total. The van der Waals surface area contributed by atoms with Crippen molar-refractivity contribution < 1.29 is 58.6 Å². The fourth-order valence-corrected chi connectivity index (χ4v) is 10.4. The fraction of sp³-hybridized carbons (Fsp3) is 0.707. The van der Waals surface area contributed by atoms with Gasteiger partial charge in [0.1, 0.15) is 29.6 Å². The Morgan fingerprint density at radius 2 is 1.04 bits per heavy atom. The van der Waals surface area contributed by atoms with Crippen LogP contribution < -0.4 is 0 Å². The average Bonchev–Trinajstić information content (AvgIpc) is 4.17. The molecule has 73 heavy (non-hydrogen) atoms. The van der Waals surface area contributed by atoms with Crippen molar-refractivity contribution in [2.45, 2.75) is 229 Å². The van der Waals surface area contributed by atoms with E-state index in [0.717, 1.165) is 66.8 Å². The van der Waals surface area contributed by atoms with Gasteiger partial charge in [-0.15, -0.1) is 0 Å². The van der Waals surface area contributed by atoms with Crippen LogP contribution in [0, 0.1) is 48.3 Å². The van der Waals surface area contributed by atoms with Crippen LogP contribution in [0.1, 0.15) is 178 Å². The molecule has 15 heteroatoms. The maximum Gasteiger partial charge on any atom is 0.309 e. The van der Waals surface area contributed by atoms with Gasteiger partial charge in [0.25, 0.3) is 0 Å². The summed E-state index contributed by atoms with van der Waals surface area (Å²) in [5.74, 6) is -2.51. The number of hydrogen-bond donors (Lipinski definition) is 4. The Morgan fingerprint density at radius 1 is 0.630 bits per heavy atom. The first-order valence-electron chi connectivity index (χ1n) is 26.1. The Morgan fingerprint density at radius 3 is 1.44 bits per heavy atom. The van der Waals surface area contributed by atoms with Crippen molar-refractivity contribution in [1.82, 2.24) is 15.0 Å². The SMILES string of the molecule is C.C/C(=C\c1cccc(C)n1)[C@@H]1C[C@@H]2O[C@]2(C)CCC[C@H](C)[C@H](O)[C@@H](C)C(=O)C(C)(C)[C@@H](O)CC(=O)O1.C/C(=C\c1ccnc(C)n1)[C@@H]1C[C@@H]2O[C@]2(C)CCC[C@H](C)[C@H](O)[C@@H](C)C(=O)C(C)(C)[C@@H](O)CC(=O)O1. The average molecular weight is 1020 g/mol. The lowest BCUT2D eigenvalue weighted by atomic mass is 9.73. The molecule has 408 valence electrons. The molecule has 0 aliphatic carbocycles. The summed E-state index contributed by atoms with van der Waals surface area (Å²) in [6, 6.07) is 7.55. The Bertz CT molecular complexity index is 2140. The number of fused-ring (bicyclic) bond motifs is 2. The lowest BCUT2D eigenvalue weighted by molar-refractivity contribution is -0.156. The van der Waals surface area contributed by atoms with Crippen LogP contribution in [0.2, 0.25) is 0 Å². The first-order chi connectivity index (χ1) is 33.5. The van der Waals surface area contributed by atoms with E-state index >= 15 is 0 Å². The van der Waals surface area contributed by atoms with E-state index in [2.05, 4.69) is 28.8 Å². The van der Waals surface area contributed by atoms with Gasteiger partial charge >= 0.3 is 11.9 Å². The number of aliphatic hydroxyl groups excluding tert-OH is 4. The third-order valence-electron chi connectivity index (χ3n) is 16.3. The molecular weight excluding hydrogens is 931 g/mol. The van der Waals surface area contributed by atoms with E-state index in [1.165, 1.54) is 0 Å². The standard InChI is InChI=1S/C29H43NO6.C28H42N2O6.CH4/c1-17-10-9-13-29(7)24(36-29)15-22(18(2)14-21-12-8-11-19(3)30-21)35-25(32)16-23(31)28(5,6)27(34)20(4)26(17)33;1-16-9-8-11-28(7)23(36-28)14-21(17(2)13-20-10-12-29-19(4)30-20)35-24(32)15-22(31)27(5,6)26(34)18(3)25(16)33;/h8,11-12,14,17,20,22-24,26,31,33H,9-10,13,15-16H2,1-7H3;10,12-13,16,18,21-23,25,31,33H,8-9,11,14-15H2,1-7H3;1H4/b18-14+;17-13+;/t17-,20+,22-,23-,24-,26-,29+;16-,18+,21-,22-,23-,25-,28+;/m00./s1. The number of carbonyl (C=O) groups is 4. The summed E-state index contributed by atoms with van der Waals surface area (Å²) in [4.78, 5) is 65.5. The molecule has 0 spiro atoms. The zero-order chi connectivity index (χ0) is 53.7. The number of aromatic nitrogens is 3. The molecule has 4 aliphatic rings. The van der Waals surface area contributed by atoms with E-state index in [0.29, 0.717) is 18.7 Å². The van der Waals surface area contributed by atoms with Crippen LogP contribution in [-0.4, -0.2) is 119 Å². The van der Waals surface area contributed by atoms with E-state index in [1.807, 2.05) is 71.9 Å². The molecule has 0 aromatic carbocycles. The summed E-state index contributed by atoms with van der Waals surface area (Å²) < 4.78 is 23.9. The summed E-state index contributed by atoms with van der Waals surface area (Å²) >= 11 is 0. The molecule has 2 aromatic rings. The Hall–Kier alpha value is -4.25. The number of Topliss-reactive ketones (excluding diaryl/α,β-unsaturated/α-hetero) is 2. The third kappa shape index (κ3) is 15.9. The molecule has 0 amide bonds. The monoisotopic (exact) mass is 1020 g/mol. The van der Waals surface area contributed by atoms with Crippen molar-refractivity contribution in [1.29, 1.82) is 0 Å². The van der Waals surface area contributed by atoms with Gasteiger partial charge in [-0.05, 0) is 121 Å². The maximum absolute atomic E-state index is 13.2. The lowest BCUT2D eigenvalue weighted by Gasteiger charge is -2.34. The van der Waals surface area contributed by atoms with Gasteiger partial charge < -0.3 is 39.4 Å². The summed E-state index contributed by atoms with van der Waals surface area (Å²) in [6.07, 6.45) is 5.35. The van der Waals surface area contributed by atoms with Crippen molar-refractivity contribution in [2.24, 2.45) is 34.5 Å². The number of cyclic esters (lactones) is 2. The van der Waals surface area contributed by atoms with E-state index in [-0.39, 0.29) is 67.1 Å².